The van der Waals surface area contributed by atoms with Crippen LogP contribution in [0.1, 0.15) is 12.5 Å². The minimum Gasteiger partial charge on any atom is -0.493 e. The molecule has 142 valence electrons. The number of pyridine rings is 1. The topological polar surface area (TPSA) is 76.2 Å². The minimum atomic E-state index is -4.80. The fourth-order valence-electron chi connectivity index (χ4n) is 2.56. The molecule has 0 bridgehead atoms. The normalized spacial score (nSPS) is 11.4. The molecule has 0 fully saturated rings. The highest BCUT2D eigenvalue weighted by atomic mass is 19.4. The molecular weight excluding hydrogens is 363 g/mol. The van der Waals surface area contributed by atoms with Gasteiger partial charge in [-0.15, -0.1) is 13.2 Å². The largest absolute Gasteiger partial charge is 0.574 e. The lowest BCUT2D eigenvalue weighted by atomic mass is 10.1. The van der Waals surface area contributed by atoms with E-state index in [1.165, 1.54) is 19.2 Å². The minimum absolute atomic E-state index is 0.167. The van der Waals surface area contributed by atoms with E-state index >= 15 is 0 Å². The van der Waals surface area contributed by atoms with Crippen molar-refractivity contribution in [3.8, 4) is 11.6 Å². The molecule has 6 nitrogen and oxygen atoms in total. The Morgan fingerprint density at radius 2 is 2.07 bits per heavy atom. The maximum absolute atomic E-state index is 12.2. The molecule has 0 aliphatic carbocycles. The molecule has 0 saturated heterocycles. The van der Waals surface area contributed by atoms with Crippen LogP contribution in [0.3, 0.4) is 0 Å². The van der Waals surface area contributed by atoms with Gasteiger partial charge in [-0.25, -0.2) is 4.98 Å². The molecule has 0 radical (unpaired) electrons. The third kappa shape index (κ3) is 5.13. The highest BCUT2D eigenvalue weighted by molar-refractivity contribution is 6.01. The van der Waals surface area contributed by atoms with Crippen LogP contribution < -0.4 is 14.8 Å². The molecule has 0 aliphatic heterocycles. The Morgan fingerprint density at radius 3 is 2.81 bits per heavy atom. The lowest BCUT2D eigenvalue weighted by Crippen LogP contribution is -2.17. The van der Waals surface area contributed by atoms with E-state index in [1.807, 2.05) is 18.2 Å². The van der Waals surface area contributed by atoms with Crippen molar-refractivity contribution in [1.82, 2.24) is 9.97 Å². The van der Waals surface area contributed by atoms with Gasteiger partial charge in [-0.2, -0.15) is 0 Å². The van der Waals surface area contributed by atoms with Crippen LogP contribution in [0.15, 0.2) is 42.7 Å². The summed E-state index contributed by atoms with van der Waals surface area (Å²) in [7, 11) is 0. The van der Waals surface area contributed by atoms with E-state index < -0.39 is 12.2 Å². The first-order valence-corrected chi connectivity index (χ1v) is 8.02. The third-order valence-electron chi connectivity index (χ3n) is 3.64. The highest BCUT2D eigenvalue weighted by Crippen LogP contribution is 2.26. The zero-order valence-electron chi connectivity index (χ0n) is 14.3. The van der Waals surface area contributed by atoms with E-state index in [0.29, 0.717) is 12.1 Å². The number of alkyl halides is 3. The van der Waals surface area contributed by atoms with Gasteiger partial charge in [-0.1, -0.05) is 6.07 Å². The molecule has 0 spiro atoms. The van der Waals surface area contributed by atoms with E-state index in [0.717, 1.165) is 22.5 Å². The number of carbonyl (C=O) groups excluding carboxylic acids is 1. The number of aromatic amines is 1. The molecule has 3 rings (SSSR count). The van der Waals surface area contributed by atoms with Gasteiger partial charge in [0, 0.05) is 42.7 Å². The smallest absolute Gasteiger partial charge is 0.493 e. The summed E-state index contributed by atoms with van der Waals surface area (Å²) in [5.41, 5.74) is 2.52. The zero-order chi connectivity index (χ0) is 19.4. The SMILES string of the molecule is CC(=O)Nc1c[nH]c2ccc(CCOc3ccnc(OC(F)(F)F)c3)cc12. The van der Waals surface area contributed by atoms with Gasteiger partial charge in [-0.3, -0.25) is 4.79 Å². The molecular formula is C18H16F3N3O3. The molecule has 0 aliphatic rings. The maximum Gasteiger partial charge on any atom is 0.574 e. The Labute approximate surface area is 152 Å². The summed E-state index contributed by atoms with van der Waals surface area (Å²) in [5, 5.41) is 3.62. The van der Waals surface area contributed by atoms with Gasteiger partial charge in [0.2, 0.25) is 11.8 Å². The fourth-order valence-corrected chi connectivity index (χ4v) is 2.56. The number of nitrogens with one attached hydrogen (secondary N) is 2. The van der Waals surface area contributed by atoms with E-state index in [1.54, 1.807) is 6.20 Å². The molecule has 1 aromatic carbocycles. The molecule has 27 heavy (non-hydrogen) atoms. The van der Waals surface area contributed by atoms with Gasteiger partial charge in [0.15, 0.2) is 0 Å². The lowest BCUT2D eigenvalue weighted by molar-refractivity contribution is -0.276. The van der Waals surface area contributed by atoms with E-state index in [4.69, 9.17) is 4.74 Å². The molecule has 0 unspecified atom stereocenters. The number of anilines is 1. The third-order valence-corrected chi connectivity index (χ3v) is 3.64. The van der Waals surface area contributed by atoms with Gasteiger partial charge < -0.3 is 19.8 Å². The summed E-state index contributed by atoms with van der Waals surface area (Å²) in [6.07, 6.45) is -1.38. The Balaban J connectivity index is 1.63. The molecule has 9 heteroatoms. The van der Waals surface area contributed by atoms with Crippen molar-refractivity contribution in [2.75, 3.05) is 11.9 Å². The maximum atomic E-state index is 12.2. The van der Waals surface area contributed by atoms with Gasteiger partial charge in [-0.05, 0) is 23.8 Å². The van der Waals surface area contributed by atoms with E-state index in [9.17, 15) is 18.0 Å². The Bertz CT molecular complexity index is 954. The van der Waals surface area contributed by atoms with E-state index in [-0.39, 0.29) is 18.3 Å². The summed E-state index contributed by atoms with van der Waals surface area (Å²) in [6, 6.07) is 8.25. The zero-order valence-corrected chi connectivity index (χ0v) is 14.3. The van der Waals surface area contributed by atoms with Crippen molar-refractivity contribution in [3.05, 3.63) is 48.3 Å². The van der Waals surface area contributed by atoms with Crippen LogP contribution in [0.25, 0.3) is 10.9 Å². The number of rotatable bonds is 6. The summed E-state index contributed by atoms with van der Waals surface area (Å²) in [6.45, 7) is 1.68. The number of fused-ring (bicyclic) bond motifs is 1. The molecule has 0 saturated carbocycles. The Kier molecular flexibility index (Phi) is 5.20. The predicted octanol–water partition coefficient (Wildman–Crippen LogP) is 4.04. The number of benzene rings is 1. The Morgan fingerprint density at radius 1 is 1.26 bits per heavy atom. The van der Waals surface area contributed by atoms with E-state index in [2.05, 4.69) is 20.0 Å². The van der Waals surface area contributed by atoms with Crippen LogP contribution in [0.5, 0.6) is 11.6 Å². The number of amides is 1. The second-order valence-corrected chi connectivity index (χ2v) is 5.74. The van der Waals surface area contributed by atoms with Crippen molar-refractivity contribution in [3.63, 3.8) is 0 Å². The van der Waals surface area contributed by atoms with Crippen molar-refractivity contribution >= 4 is 22.5 Å². The van der Waals surface area contributed by atoms with Crippen LogP contribution in [-0.2, 0) is 11.2 Å². The highest BCUT2D eigenvalue weighted by Gasteiger charge is 2.31. The number of ether oxygens (including phenoxy) is 2. The van der Waals surface area contributed by atoms with Crippen LogP contribution >= 0.6 is 0 Å². The predicted molar refractivity (Wildman–Crippen MR) is 92.7 cm³/mol. The summed E-state index contributed by atoms with van der Waals surface area (Å²) >= 11 is 0. The number of hydrogen-bond donors (Lipinski definition) is 2. The number of halogens is 3. The van der Waals surface area contributed by atoms with Crippen LogP contribution in [0.4, 0.5) is 18.9 Å². The molecule has 2 aromatic heterocycles. The molecule has 2 N–H and O–H groups in total. The number of aromatic nitrogens is 2. The van der Waals surface area contributed by atoms with Crippen molar-refractivity contribution in [2.24, 2.45) is 0 Å². The van der Waals surface area contributed by atoms with Gasteiger partial charge >= 0.3 is 6.36 Å². The monoisotopic (exact) mass is 379 g/mol. The Hall–Kier alpha value is -3.23. The van der Waals surface area contributed by atoms with Crippen molar-refractivity contribution < 1.29 is 27.4 Å². The summed E-state index contributed by atoms with van der Waals surface area (Å²) in [5.74, 6) is -0.515. The first kappa shape index (κ1) is 18.6. The number of nitrogens with zero attached hydrogens (tertiary/aromatic N) is 1. The van der Waals surface area contributed by atoms with Crippen molar-refractivity contribution in [1.29, 1.82) is 0 Å². The van der Waals surface area contributed by atoms with Gasteiger partial charge in [0.1, 0.15) is 5.75 Å². The van der Waals surface area contributed by atoms with Crippen LogP contribution in [0.2, 0.25) is 0 Å². The summed E-state index contributed by atoms with van der Waals surface area (Å²) < 4.78 is 45.9. The molecule has 3 aromatic rings. The second kappa shape index (κ2) is 7.56. The van der Waals surface area contributed by atoms with Gasteiger partial charge in [0.05, 0.1) is 12.3 Å². The first-order chi connectivity index (χ1) is 12.8. The summed E-state index contributed by atoms with van der Waals surface area (Å²) in [4.78, 5) is 17.8. The van der Waals surface area contributed by atoms with Crippen LogP contribution in [-0.4, -0.2) is 28.8 Å². The average Bonchev–Trinajstić information content (AvgIpc) is 2.95. The second-order valence-electron chi connectivity index (χ2n) is 5.74. The number of hydrogen-bond acceptors (Lipinski definition) is 4. The lowest BCUT2D eigenvalue weighted by Gasteiger charge is -2.10. The molecule has 2 heterocycles. The quantitative estimate of drug-likeness (QED) is 0.678. The fraction of sp³-hybridized carbons (Fsp3) is 0.222. The molecule has 1 amide bonds. The van der Waals surface area contributed by atoms with Crippen molar-refractivity contribution in [2.45, 2.75) is 19.7 Å². The number of carbonyl (C=O) groups is 1. The molecule has 0 atom stereocenters. The number of H-pyrrole nitrogens is 1. The standard InChI is InChI=1S/C18H16F3N3O3/c1-11(25)24-16-10-23-15-3-2-12(8-14(15)16)5-7-26-13-4-6-22-17(9-13)27-18(19,20)21/h2-4,6,8-10,23H,5,7H2,1H3,(H,24,25). The average molecular weight is 379 g/mol. The van der Waals surface area contributed by atoms with Gasteiger partial charge in [0.25, 0.3) is 0 Å². The first-order valence-electron chi connectivity index (χ1n) is 8.02. The van der Waals surface area contributed by atoms with Crippen LogP contribution in [0, 0.1) is 0 Å².